The van der Waals surface area contributed by atoms with Crippen molar-refractivity contribution in [1.29, 1.82) is 0 Å². The Morgan fingerprint density at radius 2 is 2.17 bits per heavy atom. The summed E-state index contributed by atoms with van der Waals surface area (Å²) in [4.78, 5) is 11.9. The van der Waals surface area contributed by atoms with Crippen molar-refractivity contribution in [2.75, 3.05) is 6.61 Å². The molecule has 3 nitrogen and oxygen atoms in total. The molecule has 0 saturated carbocycles. The average Bonchev–Trinajstić information content (AvgIpc) is 2.32. The van der Waals surface area contributed by atoms with E-state index in [1.807, 2.05) is 13.8 Å². The van der Waals surface area contributed by atoms with Crippen LogP contribution >= 0.6 is 11.6 Å². The normalized spacial score (nSPS) is 12.0. The first-order chi connectivity index (χ1) is 8.58. The van der Waals surface area contributed by atoms with Gasteiger partial charge in [0.2, 0.25) is 0 Å². The van der Waals surface area contributed by atoms with Crippen LogP contribution in [-0.4, -0.2) is 18.6 Å². The van der Waals surface area contributed by atoms with Gasteiger partial charge < -0.3 is 10.1 Å². The van der Waals surface area contributed by atoms with E-state index >= 15 is 0 Å². The minimum atomic E-state index is -0.0964. The van der Waals surface area contributed by atoms with E-state index in [0.717, 1.165) is 12.8 Å². The Bertz CT molecular complexity index is 407. The molecular formula is C14H20ClNO2. The highest BCUT2D eigenvalue weighted by molar-refractivity contribution is 6.32. The SMILES string of the molecule is CCC[C@@H](C)NC(=O)c1ccc(OCC)c(Cl)c1. The number of halogens is 1. The van der Waals surface area contributed by atoms with Crippen molar-refractivity contribution in [3.8, 4) is 5.75 Å². The molecule has 18 heavy (non-hydrogen) atoms. The zero-order valence-electron chi connectivity index (χ0n) is 11.1. The highest BCUT2D eigenvalue weighted by Crippen LogP contribution is 2.25. The number of rotatable bonds is 6. The quantitative estimate of drug-likeness (QED) is 0.856. The first-order valence-corrected chi connectivity index (χ1v) is 6.69. The molecule has 0 saturated heterocycles. The van der Waals surface area contributed by atoms with Crippen LogP contribution in [0.1, 0.15) is 44.0 Å². The van der Waals surface area contributed by atoms with Gasteiger partial charge in [-0.15, -0.1) is 0 Å². The number of ether oxygens (including phenoxy) is 1. The molecule has 0 unspecified atom stereocenters. The Labute approximate surface area is 113 Å². The van der Waals surface area contributed by atoms with E-state index in [1.54, 1.807) is 18.2 Å². The Kier molecular flexibility index (Phi) is 5.99. The van der Waals surface area contributed by atoms with Gasteiger partial charge in [-0.25, -0.2) is 0 Å². The lowest BCUT2D eigenvalue weighted by Crippen LogP contribution is -2.32. The smallest absolute Gasteiger partial charge is 0.251 e. The van der Waals surface area contributed by atoms with E-state index in [1.165, 1.54) is 0 Å². The summed E-state index contributed by atoms with van der Waals surface area (Å²) in [7, 11) is 0. The molecule has 0 aromatic heterocycles. The number of amides is 1. The molecule has 1 N–H and O–H groups in total. The van der Waals surface area contributed by atoms with Crippen molar-refractivity contribution in [3.63, 3.8) is 0 Å². The molecular weight excluding hydrogens is 250 g/mol. The van der Waals surface area contributed by atoms with Crippen LogP contribution < -0.4 is 10.1 Å². The van der Waals surface area contributed by atoms with Crippen molar-refractivity contribution in [2.45, 2.75) is 39.7 Å². The summed E-state index contributed by atoms with van der Waals surface area (Å²) >= 11 is 6.04. The van der Waals surface area contributed by atoms with Crippen LogP contribution in [0.15, 0.2) is 18.2 Å². The van der Waals surface area contributed by atoms with Crippen LogP contribution in [0.3, 0.4) is 0 Å². The monoisotopic (exact) mass is 269 g/mol. The van der Waals surface area contributed by atoms with Crippen molar-refractivity contribution in [3.05, 3.63) is 28.8 Å². The highest BCUT2D eigenvalue weighted by atomic mass is 35.5. The molecule has 0 aliphatic carbocycles. The van der Waals surface area contributed by atoms with Gasteiger partial charge in [0.1, 0.15) is 5.75 Å². The minimum absolute atomic E-state index is 0.0964. The number of carbonyl (C=O) groups excluding carboxylic acids is 1. The molecule has 0 fully saturated rings. The number of carbonyl (C=O) groups is 1. The molecule has 0 aliphatic rings. The van der Waals surface area contributed by atoms with Crippen molar-refractivity contribution >= 4 is 17.5 Å². The van der Waals surface area contributed by atoms with E-state index in [0.29, 0.717) is 22.9 Å². The second kappa shape index (κ2) is 7.27. The lowest BCUT2D eigenvalue weighted by Gasteiger charge is -2.13. The van der Waals surface area contributed by atoms with Crippen molar-refractivity contribution < 1.29 is 9.53 Å². The van der Waals surface area contributed by atoms with E-state index in [9.17, 15) is 4.79 Å². The van der Waals surface area contributed by atoms with Gasteiger partial charge in [0.05, 0.1) is 11.6 Å². The summed E-state index contributed by atoms with van der Waals surface area (Å²) in [6, 6.07) is 5.27. The fourth-order valence-corrected chi connectivity index (χ4v) is 1.96. The predicted molar refractivity (Wildman–Crippen MR) is 74.5 cm³/mol. The minimum Gasteiger partial charge on any atom is -0.492 e. The molecule has 1 atom stereocenters. The van der Waals surface area contributed by atoms with E-state index in [4.69, 9.17) is 16.3 Å². The van der Waals surface area contributed by atoms with Crippen LogP contribution in [0, 0.1) is 0 Å². The lowest BCUT2D eigenvalue weighted by atomic mass is 10.1. The van der Waals surface area contributed by atoms with Crippen LogP contribution in [0.5, 0.6) is 5.75 Å². The third-order valence-electron chi connectivity index (χ3n) is 2.59. The standard InChI is InChI=1S/C14H20ClNO2/c1-4-6-10(3)16-14(17)11-7-8-13(18-5-2)12(15)9-11/h7-10H,4-6H2,1-3H3,(H,16,17)/t10-/m1/s1. The third kappa shape index (κ3) is 4.22. The summed E-state index contributed by atoms with van der Waals surface area (Å²) in [5, 5.41) is 3.40. The van der Waals surface area contributed by atoms with Crippen LogP contribution in [0.2, 0.25) is 5.02 Å². The van der Waals surface area contributed by atoms with Gasteiger partial charge in [-0.05, 0) is 38.5 Å². The number of hydrogen-bond donors (Lipinski definition) is 1. The Balaban J connectivity index is 2.72. The largest absolute Gasteiger partial charge is 0.492 e. The van der Waals surface area contributed by atoms with Gasteiger partial charge in [0.25, 0.3) is 5.91 Å². The van der Waals surface area contributed by atoms with E-state index in [2.05, 4.69) is 12.2 Å². The van der Waals surface area contributed by atoms with Crippen molar-refractivity contribution in [1.82, 2.24) is 5.32 Å². The fraction of sp³-hybridized carbons (Fsp3) is 0.500. The maximum absolute atomic E-state index is 11.9. The average molecular weight is 270 g/mol. The second-order valence-corrected chi connectivity index (χ2v) is 4.65. The molecule has 1 aromatic carbocycles. The topological polar surface area (TPSA) is 38.3 Å². The molecule has 0 spiro atoms. The highest BCUT2D eigenvalue weighted by Gasteiger charge is 2.11. The molecule has 0 heterocycles. The number of nitrogens with one attached hydrogen (secondary N) is 1. The van der Waals surface area contributed by atoms with Crippen LogP contribution in [0.4, 0.5) is 0 Å². The maximum atomic E-state index is 11.9. The Hall–Kier alpha value is -1.22. The van der Waals surface area contributed by atoms with Gasteiger partial charge in [-0.3, -0.25) is 4.79 Å². The molecule has 1 amide bonds. The zero-order chi connectivity index (χ0) is 13.5. The molecule has 0 bridgehead atoms. The van der Waals surface area contributed by atoms with Gasteiger partial charge in [0.15, 0.2) is 0 Å². The molecule has 1 rings (SSSR count). The van der Waals surface area contributed by atoms with Gasteiger partial charge in [-0.2, -0.15) is 0 Å². The lowest BCUT2D eigenvalue weighted by molar-refractivity contribution is 0.0938. The molecule has 0 radical (unpaired) electrons. The molecule has 100 valence electrons. The third-order valence-corrected chi connectivity index (χ3v) is 2.89. The number of hydrogen-bond acceptors (Lipinski definition) is 2. The zero-order valence-corrected chi connectivity index (χ0v) is 11.9. The summed E-state index contributed by atoms with van der Waals surface area (Å²) in [5.74, 6) is 0.512. The number of benzene rings is 1. The van der Waals surface area contributed by atoms with Crippen LogP contribution in [0.25, 0.3) is 0 Å². The maximum Gasteiger partial charge on any atom is 0.251 e. The van der Waals surface area contributed by atoms with Gasteiger partial charge in [0, 0.05) is 11.6 Å². The van der Waals surface area contributed by atoms with Crippen molar-refractivity contribution in [2.24, 2.45) is 0 Å². The first kappa shape index (κ1) is 14.8. The molecule has 4 heteroatoms. The Morgan fingerprint density at radius 3 is 2.72 bits per heavy atom. The summed E-state index contributed by atoms with van der Waals surface area (Å²) in [5.41, 5.74) is 0.561. The first-order valence-electron chi connectivity index (χ1n) is 6.31. The Morgan fingerprint density at radius 1 is 1.44 bits per heavy atom. The summed E-state index contributed by atoms with van der Waals surface area (Å²) in [6.07, 6.45) is 2.02. The molecule has 0 aliphatic heterocycles. The van der Waals surface area contributed by atoms with E-state index in [-0.39, 0.29) is 11.9 Å². The van der Waals surface area contributed by atoms with Gasteiger partial charge in [-0.1, -0.05) is 24.9 Å². The van der Waals surface area contributed by atoms with E-state index < -0.39 is 0 Å². The fourth-order valence-electron chi connectivity index (χ4n) is 1.73. The molecule has 1 aromatic rings. The predicted octanol–water partition coefficient (Wildman–Crippen LogP) is 3.66. The van der Waals surface area contributed by atoms with Gasteiger partial charge >= 0.3 is 0 Å². The van der Waals surface area contributed by atoms with Crippen LogP contribution in [-0.2, 0) is 0 Å². The second-order valence-electron chi connectivity index (χ2n) is 4.24. The summed E-state index contributed by atoms with van der Waals surface area (Å²) < 4.78 is 5.33. The summed E-state index contributed by atoms with van der Waals surface area (Å²) in [6.45, 7) is 6.54.